The Morgan fingerprint density at radius 2 is 2.00 bits per heavy atom. The number of nitrogens with zero attached hydrogens (tertiary/aromatic N) is 1. The average molecular weight is 325 g/mol. The summed E-state index contributed by atoms with van der Waals surface area (Å²) >= 11 is 0. The summed E-state index contributed by atoms with van der Waals surface area (Å²) in [6, 6.07) is 15.8. The molecular weight excluding hydrogens is 302 g/mol. The minimum atomic E-state index is -0.137. The quantitative estimate of drug-likeness (QED) is 0.668. The van der Waals surface area contributed by atoms with E-state index < -0.39 is 0 Å². The van der Waals surface area contributed by atoms with Crippen molar-refractivity contribution in [2.24, 2.45) is 10.7 Å². The molecule has 0 bridgehead atoms. The Hall–Kier alpha value is -2.69. The number of aliphatic imine (C=N–C) groups is 1. The lowest BCUT2D eigenvalue weighted by Crippen LogP contribution is -2.33. The lowest BCUT2D eigenvalue weighted by Gasteiger charge is -2.25. The zero-order valence-corrected chi connectivity index (χ0v) is 14.0. The molecule has 0 spiro atoms. The molecule has 0 radical (unpaired) electrons. The monoisotopic (exact) mass is 325 g/mol. The van der Waals surface area contributed by atoms with Crippen LogP contribution in [0.25, 0.3) is 0 Å². The van der Waals surface area contributed by atoms with E-state index in [1.165, 1.54) is 5.56 Å². The standard InChI is InChI=1S/C19H23N3O2/c1-13(2)14-6-5-7-15(10-14)22-19(20)21-11-16-12-23-17-8-3-4-9-18(17)24-16/h3-10,13,16H,11-12H2,1-2H3,(H3,20,21,22). The van der Waals surface area contributed by atoms with Gasteiger partial charge in [0.2, 0.25) is 0 Å². The number of rotatable bonds is 4. The summed E-state index contributed by atoms with van der Waals surface area (Å²) in [6.45, 7) is 5.23. The molecule has 2 aromatic carbocycles. The largest absolute Gasteiger partial charge is 0.486 e. The van der Waals surface area contributed by atoms with Crippen molar-refractivity contribution in [3.63, 3.8) is 0 Å². The molecule has 5 nitrogen and oxygen atoms in total. The number of benzene rings is 2. The van der Waals surface area contributed by atoms with Crippen molar-refractivity contribution in [3.8, 4) is 11.5 Å². The lowest BCUT2D eigenvalue weighted by atomic mass is 10.0. The molecule has 0 aliphatic carbocycles. The molecule has 1 heterocycles. The highest BCUT2D eigenvalue weighted by Crippen LogP contribution is 2.30. The molecule has 1 unspecified atom stereocenters. The van der Waals surface area contributed by atoms with E-state index in [1.54, 1.807) is 0 Å². The first kappa shape index (κ1) is 16.2. The summed E-state index contributed by atoms with van der Waals surface area (Å²) in [4.78, 5) is 4.37. The highest BCUT2D eigenvalue weighted by Gasteiger charge is 2.20. The molecule has 0 saturated heterocycles. The summed E-state index contributed by atoms with van der Waals surface area (Å²) < 4.78 is 11.5. The fraction of sp³-hybridized carbons (Fsp3) is 0.316. The van der Waals surface area contributed by atoms with Gasteiger partial charge in [-0.2, -0.15) is 0 Å². The number of para-hydroxylation sites is 2. The van der Waals surface area contributed by atoms with E-state index in [-0.39, 0.29) is 6.10 Å². The van der Waals surface area contributed by atoms with Crippen LogP contribution in [0.5, 0.6) is 11.5 Å². The van der Waals surface area contributed by atoms with Crippen LogP contribution < -0.4 is 20.5 Å². The molecular formula is C19H23N3O2. The van der Waals surface area contributed by atoms with Crippen LogP contribution in [-0.4, -0.2) is 25.2 Å². The zero-order valence-electron chi connectivity index (χ0n) is 14.0. The highest BCUT2D eigenvalue weighted by atomic mass is 16.6. The van der Waals surface area contributed by atoms with Crippen LogP contribution >= 0.6 is 0 Å². The van der Waals surface area contributed by atoms with Gasteiger partial charge in [0.1, 0.15) is 6.61 Å². The Labute approximate surface area is 142 Å². The number of hydrogen-bond acceptors (Lipinski definition) is 3. The van der Waals surface area contributed by atoms with Gasteiger partial charge in [-0.15, -0.1) is 0 Å². The van der Waals surface area contributed by atoms with Crippen LogP contribution in [0.15, 0.2) is 53.5 Å². The third kappa shape index (κ3) is 3.98. The van der Waals surface area contributed by atoms with Crippen LogP contribution in [0, 0.1) is 0 Å². The van der Waals surface area contributed by atoms with Crippen LogP contribution in [0.2, 0.25) is 0 Å². The fourth-order valence-electron chi connectivity index (χ4n) is 2.52. The van der Waals surface area contributed by atoms with Gasteiger partial charge < -0.3 is 20.5 Å². The third-order valence-electron chi connectivity index (χ3n) is 3.86. The first-order valence-corrected chi connectivity index (χ1v) is 8.17. The van der Waals surface area contributed by atoms with E-state index >= 15 is 0 Å². The molecule has 1 aliphatic heterocycles. The Balaban J connectivity index is 1.58. The normalized spacial score (nSPS) is 17.0. The Morgan fingerprint density at radius 3 is 2.79 bits per heavy atom. The van der Waals surface area contributed by atoms with E-state index in [1.807, 2.05) is 36.4 Å². The van der Waals surface area contributed by atoms with Crippen molar-refractivity contribution in [3.05, 3.63) is 54.1 Å². The first-order chi connectivity index (χ1) is 11.6. The van der Waals surface area contributed by atoms with Gasteiger partial charge in [0.05, 0.1) is 6.54 Å². The summed E-state index contributed by atoms with van der Waals surface area (Å²) in [5.41, 5.74) is 8.18. The number of hydrogen-bond donors (Lipinski definition) is 2. The Bertz CT molecular complexity index is 728. The van der Waals surface area contributed by atoms with Gasteiger partial charge in [0, 0.05) is 5.69 Å². The van der Waals surface area contributed by atoms with Gasteiger partial charge in [0.25, 0.3) is 0 Å². The van der Waals surface area contributed by atoms with E-state index in [0.717, 1.165) is 17.2 Å². The fourth-order valence-corrected chi connectivity index (χ4v) is 2.52. The minimum absolute atomic E-state index is 0.137. The van der Waals surface area contributed by atoms with E-state index in [2.05, 4.69) is 36.3 Å². The topological polar surface area (TPSA) is 68.9 Å². The molecule has 24 heavy (non-hydrogen) atoms. The molecule has 126 valence electrons. The van der Waals surface area contributed by atoms with Crippen LogP contribution in [0.4, 0.5) is 5.69 Å². The maximum absolute atomic E-state index is 5.99. The van der Waals surface area contributed by atoms with Gasteiger partial charge in [-0.1, -0.05) is 38.1 Å². The minimum Gasteiger partial charge on any atom is -0.486 e. The van der Waals surface area contributed by atoms with E-state index in [0.29, 0.717) is 25.0 Å². The van der Waals surface area contributed by atoms with Gasteiger partial charge in [0.15, 0.2) is 23.6 Å². The van der Waals surface area contributed by atoms with Gasteiger partial charge in [-0.25, -0.2) is 4.99 Å². The van der Waals surface area contributed by atoms with Crippen molar-refractivity contribution < 1.29 is 9.47 Å². The van der Waals surface area contributed by atoms with Crippen LogP contribution in [-0.2, 0) is 0 Å². The second-order valence-corrected chi connectivity index (χ2v) is 6.13. The van der Waals surface area contributed by atoms with E-state index in [4.69, 9.17) is 15.2 Å². The third-order valence-corrected chi connectivity index (χ3v) is 3.86. The van der Waals surface area contributed by atoms with Crippen molar-refractivity contribution in [2.45, 2.75) is 25.9 Å². The number of nitrogens with two attached hydrogens (primary N) is 1. The summed E-state index contributed by atoms with van der Waals surface area (Å²) in [7, 11) is 0. The summed E-state index contributed by atoms with van der Waals surface area (Å²) in [5, 5.41) is 3.13. The van der Waals surface area contributed by atoms with Gasteiger partial charge >= 0.3 is 0 Å². The van der Waals surface area contributed by atoms with Crippen molar-refractivity contribution >= 4 is 11.6 Å². The smallest absolute Gasteiger partial charge is 0.193 e. The summed E-state index contributed by atoms with van der Waals surface area (Å²) in [5.74, 6) is 2.37. The molecule has 1 aliphatic rings. The van der Waals surface area contributed by atoms with Crippen LogP contribution in [0.3, 0.4) is 0 Å². The number of anilines is 1. The molecule has 5 heteroatoms. The molecule has 2 aromatic rings. The molecule has 3 N–H and O–H groups in total. The second-order valence-electron chi connectivity index (χ2n) is 6.13. The Kier molecular flexibility index (Phi) is 4.89. The van der Waals surface area contributed by atoms with Crippen molar-refractivity contribution in [1.29, 1.82) is 0 Å². The number of fused-ring (bicyclic) bond motifs is 1. The molecule has 0 saturated carbocycles. The predicted octanol–water partition coefficient (Wildman–Crippen LogP) is 3.38. The maximum Gasteiger partial charge on any atom is 0.193 e. The zero-order chi connectivity index (χ0) is 16.9. The Morgan fingerprint density at radius 1 is 1.21 bits per heavy atom. The molecule has 0 fully saturated rings. The predicted molar refractivity (Wildman–Crippen MR) is 97.0 cm³/mol. The molecule has 1 atom stereocenters. The number of nitrogens with one attached hydrogen (secondary N) is 1. The van der Waals surface area contributed by atoms with E-state index in [9.17, 15) is 0 Å². The lowest BCUT2D eigenvalue weighted by molar-refractivity contribution is 0.0972. The number of guanidine groups is 1. The molecule has 0 amide bonds. The molecule has 3 rings (SSSR count). The molecule has 0 aromatic heterocycles. The first-order valence-electron chi connectivity index (χ1n) is 8.17. The second kappa shape index (κ2) is 7.25. The SMILES string of the molecule is CC(C)c1cccc(NC(N)=NCC2COc3ccccc3O2)c1. The number of ether oxygens (including phenoxy) is 2. The van der Waals surface area contributed by atoms with Gasteiger partial charge in [-0.05, 0) is 35.7 Å². The summed E-state index contributed by atoms with van der Waals surface area (Å²) in [6.07, 6.45) is -0.137. The van der Waals surface area contributed by atoms with Crippen molar-refractivity contribution in [2.75, 3.05) is 18.5 Å². The van der Waals surface area contributed by atoms with Crippen LogP contribution in [0.1, 0.15) is 25.3 Å². The van der Waals surface area contributed by atoms with Crippen molar-refractivity contribution in [1.82, 2.24) is 0 Å². The highest BCUT2D eigenvalue weighted by molar-refractivity contribution is 5.92. The maximum atomic E-state index is 5.99. The average Bonchev–Trinajstić information content (AvgIpc) is 2.60. The van der Waals surface area contributed by atoms with Gasteiger partial charge in [-0.3, -0.25) is 0 Å².